The topological polar surface area (TPSA) is 61.8 Å². The van der Waals surface area contributed by atoms with Crippen molar-refractivity contribution in [3.63, 3.8) is 0 Å². The SMILES string of the molecule is CC(C)(O)C1CCCN1C(=O)Nc1cc(F)ccc1OC(F)F. The zero-order valence-electron chi connectivity index (χ0n) is 12.9. The zero-order chi connectivity index (χ0) is 17.2. The summed E-state index contributed by atoms with van der Waals surface area (Å²) in [5.41, 5.74) is -1.28. The Kier molecular flexibility index (Phi) is 5.03. The van der Waals surface area contributed by atoms with Crippen LogP contribution in [0.3, 0.4) is 0 Å². The molecule has 2 amide bonds. The molecule has 0 bridgehead atoms. The van der Waals surface area contributed by atoms with Gasteiger partial charge in [0.25, 0.3) is 0 Å². The molecule has 1 aliphatic heterocycles. The highest BCUT2D eigenvalue weighted by molar-refractivity contribution is 5.91. The molecule has 1 aromatic rings. The molecule has 2 rings (SSSR count). The second-order valence-electron chi connectivity index (χ2n) is 5.95. The van der Waals surface area contributed by atoms with E-state index < -0.39 is 30.1 Å². The Labute approximate surface area is 132 Å². The first-order valence-electron chi connectivity index (χ1n) is 7.23. The number of hydrogen-bond acceptors (Lipinski definition) is 3. The summed E-state index contributed by atoms with van der Waals surface area (Å²) in [6.07, 6.45) is 1.34. The van der Waals surface area contributed by atoms with Crippen LogP contribution in [-0.2, 0) is 0 Å². The van der Waals surface area contributed by atoms with Crippen molar-refractivity contribution in [1.29, 1.82) is 0 Å². The van der Waals surface area contributed by atoms with Gasteiger partial charge in [-0.25, -0.2) is 9.18 Å². The highest BCUT2D eigenvalue weighted by Crippen LogP contribution is 2.30. The van der Waals surface area contributed by atoms with Crippen molar-refractivity contribution in [2.75, 3.05) is 11.9 Å². The summed E-state index contributed by atoms with van der Waals surface area (Å²) in [5, 5.41) is 12.5. The highest BCUT2D eigenvalue weighted by atomic mass is 19.3. The summed E-state index contributed by atoms with van der Waals surface area (Å²) in [6.45, 7) is 0.515. The van der Waals surface area contributed by atoms with Crippen molar-refractivity contribution in [3.8, 4) is 5.75 Å². The molecule has 0 saturated carbocycles. The number of ether oxygens (including phenoxy) is 1. The van der Waals surface area contributed by atoms with Gasteiger partial charge in [-0.15, -0.1) is 0 Å². The Hall–Kier alpha value is -1.96. The number of urea groups is 1. The van der Waals surface area contributed by atoms with Crippen LogP contribution in [0.5, 0.6) is 5.75 Å². The third kappa shape index (κ3) is 4.28. The molecule has 0 aromatic heterocycles. The molecule has 5 nitrogen and oxygen atoms in total. The Balaban J connectivity index is 2.18. The molecule has 1 atom stereocenters. The minimum atomic E-state index is -3.09. The Morgan fingerprint density at radius 3 is 2.78 bits per heavy atom. The summed E-state index contributed by atoms with van der Waals surface area (Å²) in [6, 6.07) is 1.89. The van der Waals surface area contributed by atoms with Gasteiger partial charge >= 0.3 is 12.6 Å². The van der Waals surface area contributed by atoms with Gasteiger partial charge in [-0.1, -0.05) is 0 Å². The van der Waals surface area contributed by atoms with E-state index in [0.717, 1.165) is 18.2 Å². The molecule has 0 radical (unpaired) electrons. The maximum atomic E-state index is 13.3. The van der Waals surface area contributed by atoms with E-state index >= 15 is 0 Å². The molecule has 23 heavy (non-hydrogen) atoms. The minimum Gasteiger partial charge on any atom is -0.433 e. The number of carbonyl (C=O) groups excluding carboxylic acids is 1. The van der Waals surface area contributed by atoms with E-state index in [1.807, 2.05) is 0 Å². The second kappa shape index (κ2) is 6.66. The standard InChI is InChI=1S/C15H19F3N2O3/c1-15(2,22)12-4-3-7-20(12)14(21)19-10-8-9(16)5-6-11(10)23-13(17)18/h5-6,8,12-13,22H,3-4,7H2,1-2H3,(H,19,21). The zero-order valence-corrected chi connectivity index (χ0v) is 12.9. The van der Waals surface area contributed by atoms with Gasteiger partial charge in [0.05, 0.1) is 17.3 Å². The van der Waals surface area contributed by atoms with Gasteiger partial charge in [0, 0.05) is 12.6 Å². The van der Waals surface area contributed by atoms with E-state index in [1.165, 1.54) is 4.90 Å². The molecule has 1 heterocycles. The Morgan fingerprint density at radius 1 is 1.48 bits per heavy atom. The largest absolute Gasteiger partial charge is 0.433 e. The third-order valence-corrected chi connectivity index (χ3v) is 3.73. The molecule has 1 unspecified atom stereocenters. The van der Waals surface area contributed by atoms with E-state index in [9.17, 15) is 23.1 Å². The van der Waals surface area contributed by atoms with Crippen LogP contribution in [0.15, 0.2) is 18.2 Å². The number of benzene rings is 1. The molecule has 1 saturated heterocycles. The van der Waals surface area contributed by atoms with E-state index in [0.29, 0.717) is 19.4 Å². The molecular weight excluding hydrogens is 313 g/mol. The van der Waals surface area contributed by atoms with Crippen molar-refractivity contribution < 1.29 is 27.8 Å². The number of rotatable bonds is 4. The summed E-state index contributed by atoms with van der Waals surface area (Å²) in [5.74, 6) is -1.02. The number of nitrogens with one attached hydrogen (secondary N) is 1. The predicted molar refractivity (Wildman–Crippen MR) is 78.1 cm³/mol. The molecule has 128 valence electrons. The molecule has 0 aliphatic carbocycles. The van der Waals surface area contributed by atoms with Gasteiger partial charge in [-0.05, 0) is 38.8 Å². The van der Waals surface area contributed by atoms with Crippen LogP contribution in [0.1, 0.15) is 26.7 Å². The van der Waals surface area contributed by atoms with Gasteiger partial charge in [0.2, 0.25) is 0 Å². The fraction of sp³-hybridized carbons (Fsp3) is 0.533. The summed E-state index contributed by atoms with van der Waals surface area (Å²) in [4.78, 5) is 13.8. The maximum absolute atomic E-state index is 13.3. The molecule has 1 fully saturated rings. The number of halogens is 3. The molecule has 1 aromatic carbocycles. The lowest BCUT2D eigenvalue weighted by molar-refractivity contribution is -0.0494. The second-order valence-corrected chi connectivity index (χ2v) is 5.95. The molecular formula is C15H19F3N2O3. The maximum Gasteiger partial charge on any atom is 0.387 e. The normalized spacial score (nSPS) is 18.4. The number of aliphatic hydroxyl groups is 1. The lowest BCUT2D eigenvalue weighted by atomic mass is 9.97. The fourth-order valence-corrected chi connectivity index (χ4v) is 2.73. The van der Waals surface area contributed by atoms with Crippen LogP contribution in [0.2, 0.25) is 0 Å². The van der Waals surface area contributed by atoms with Crippen LogP contribution in [-0.4, -0.2) is 40.8 Å². The number of alkyl halides is 2. The average molecular weight is 332 g/mol. The van der Waals surface area contributed by atoms with Crippen molar-refractivity contribution >= 4 is 11.7 Å². The van der Waals surface area contributed by atoms with Crippen molar-refractivity contribution in [1.82, 2.24) is 4.90 Å². The van der Waals surface area contributed by atoms with Crippen LogP contribution in [0, 0.1) is 5.82 Å². The number of carbonyl (C=O) groups is 1. The number of nitrogens with zero attached hydrogens (tertiary/aromatic N) is 1. The first kappa shape index (κ1) is 17.4. The van der Waals surface area contributed by atoms with Crippen LogP contribution >= 0.6 is 0 Å². The number of anilines is 1. The molecule has 8 heteroatoms. The average Bonchev–Trinajstić information content (AvgIpc) is 2.90. The lowest BCUT2D eigenvalue weighted by Gasteiger charge is -2.33. The first-order valence-corrected chi connectivity index (χ1v) is 7.23. The number of likely N-dealkylation sites (tertiary alicyclic amines) is 1. The van der Waals surface area contributed by atoms with Crippen molar-refractivity contribution in [2.45, 2.75) is 44.9 Å². The van der Waals surface area contributed by atoms with Gasteiger partial charge in [0.1, 0.15) is 11.6 Å². The van der Waals surface area contributed by atoms with Gasteiger partial charge in [-0.3, -0.25) is 0 Å². The summed E-state index contributed by atoms with van der Waals surface area (Å²) in [7, 11) is 0. The van der Waals surface area contributed by atoms with E-state index in [-0.39, 0.29) is 11.4 Å². The predicted octanol–water partition coefficient (Wildman–Crippen LogP) is 3.19. The van der Waals surface area contributed by atoms with Gasteiger partial charge in [-0.2, -0.15) is 8.78 Å². The lowest BCUT2D eigenvalue weighted by Crippen LogP contribution is -2.49. The van der Waals surface area contributed by atoms with E-state index in [2.05, 4.69) is 10.1 Å². The van der Waals surface area contributed by atoms with Gasteiger partial charge in [0.15, 0.2) is 0 Å². The molecule has 1 aliphatic rings. The van der Waals surface area contributed by atoms with E-state index in [1.54, 1.807) is 13.8 Å². The van der Waals surface area contributed by atoms with Crippen LogP contribution in [0.4, 0.5) is 23.7 Å². The highest BCUT2D eigenvalue weighted by Gasteiger charge is 2.38. The summed E-state index contributed by atoms with van der Waals surface area (Å²) < 4.78 is 42.4. The first-order chi connectivity index (χ1) is 10.7. The number of amides is 2. The monoisotopic (exact) mass is 332 g/mol. The van der Waals surface area contributed by atoms with Crippen LogP contribution in [0.25, 0.3) is 0 Å². The third-order valence-electron chi connectivity index (χ3n) is 3.73. The molecule has 2 N–H and O–H groups in total. The number of hydrogen-bond donors (Lipinski definition) is 2. The minimum absolute atomic E-state index is 0.184. The van der Waals surface area contributed by atoms with Crippen LogP contribution < -0.4 is 10.1 Å². The Bertz CT molecular complexity index is 576. The summed E-state index contributed by atoms with van der Waals surface area (Å²) >= 11 is 0. The van der Waals surface area contributed by atoms with Gasteiger partial charge < -0.3 is 20.1 Å². The Morgan fingerprint density at radius 2 is 2.17 bits per heavy atom. The van der Waals surface area contributed by atoms with Crippen molar-refractivity contribution in [3.05, 3.63) is 24.0 Å². The quantitative estimate of drug-likeness (QED) is 0.890. The van der Waals surface area contributed by atoms with E-state index in [4.69, 9.17) is 0 Å². The van der Waals surface area contributed by atoms with Crippen molar-refractivity contribution in [2.24, 2.45) is 0 Å². The smallest absolute Gasteiger partial charge is 0.387 e. The molecule has 0 spiro atoms. The fourth-order valence-electron chi connectivity index (χ4n) is 2.73.